The van der Waals surface area contributed by atoms with E-state index in [1.807, 2.05) is 6.26 Å². The third-order valence-electron chi connectivity index (χ3n) is 2.17. The maximum atomic E-state index is 11.2. The molecule has 94 valence electrons. The van der Waals surface area contributed by atoms with E-state index in [4.69, 9.17) is 4.74 Å². The van der Waals surface area contributed by atoms with Crippen LogP contribution in [0.4, 0.5) is 5.82 Å². The number of sulfonamides is 1. The van der Waals surface area contributed by atoms with E-state index in [-0.39, 0.29) is 6.10 Å². The second-order valence-electron chi connectivity index (χ2n) is 3.88. The van der Waals surface area contributed by atoms with Gasteiger partial charge in [-0.2, -0.15) is 0 Å². The Labute approximate surface area is 105 Å². The Balaban J connectivity index is 2.30. The van der Waals surface area contributed by atoms with Gasteiger partial charge in [0.2, 0.25) is 10.0 Å². The Hall–Kier alpha value is -0.950. The number of hydrogen-bond acceptors (Lipinski definition) is 5. The van der Waals surface area contributed by atoms with Gasteiger partial charge in [0, 0.05) is 6.20 Å². The lowest BCUT2D eigenvalue weighted by Crippen LogP contribution is -2.12. The minimum absolute atomic E-state index is 0.273. The maximum Gasteiger partial charge on any atom is 0.231 e. The highest BCUT2D eigenvalue weighted by Crippen LogP contribution is 2.37. The van der Waals surface area contributed by atoms with Crippen LogP contribution in [0.2, 0.25) is 0 Å². The molecule has 0 atom stereocenters. The first-order valence-electron chi connectivity index (χ1n) is 5.17. The molecule has 1 aliphatic rings. The number of aromatic nitrogens is 1. The topological polar surface area (TPSA) is 68.3 Å². The lowest BCUT2D eigenvalue weighted by molar-refractivity contribution is 0.296. The number of anilines is 1. The minimum Gasteiger partial charge on any atom is -0.489 e. The van der Waals surface area contributed by atoms with Gasteiger partial charge in [-0.05, 0) is 25.2 Å². The fraction of sp³-hybridized carbons (Fsp3) is 0.500. The lowest BCUT2D eigenvalue weighted by Gasteiger charge is -2.12. The summed E-state index contributed by atoms with van der Waals surface area (Å²) in [6.45, 7) is 0. The highest BCUT2D eigenvalue weighted by atomic mass is 32.2. The third kappa shape index (κ3) is 3.50. The predicted molar refractivity (Wildman–Crippen MR) is 68.1 cm³/mol. The van der Waals surface area contributed by atoms with E-state index in [2.05, 4.69) is 9.71 Å². The number of nitrogens with zero attached hydrogens (tertiary/aromatic N) is 1. The average Bonchev–Trinajstić information content (AvgIpc) is 2.99. The number of pyridine rings is 1. The predicted octanol–water partition coefficient (Wildman–Crippen LogP) is 1.72. The first-order chi connectivity index (χ1) is 7.99. The molecule has 0 bridgehead atoms. The molecule has 0 radical (unpaired) electrons. The fourth-order valence-electron chi connectivity index (χ4n) is 1.33. The van der Waals surface area contributed by atoms with Gasteiger partial charge in [0.25, 0.3) is 0 Å². The molecule has 0 aromatic carbocycles. The van der Waals surface area contributed by atoms with Crippen LogP contribution in [0.25, 0.3) is 0 Å². The molecule has 0 amide bonds. The molecule has 0 unspecified atom stereocenters. The largest absolute Gasteiger partial charge is 0.489 e. The zero-order valence-electron chi connectivity index (χ0n) is 9.63. The Morgan fingerprint density at radius 2 is 2.24 bits per heavy atom. The summed E-state index contributed by atoms with van der Waals surface area (Å²) in [6, 6.07) is 1.76. The van der Waals surface area contributed by atoms with Gasteiger partial charge < -0.3 is 4.74 Å². The van der Waals surface area contributed by atoms with E-state index in [9.17, 15) is 8.42 Å². The molecular formula is C10H14N2O3S2. The summed E-state index contributed by atoms with van der Waals surface area (Å²) in [5.74, 6) is 1.03. The van der Waals surface area contributed by atoms with Crippen LogP contribution in [0.1, 0.15) is 12.8 Å². The molecule has 1 fully saturated rings. The minimum atomic E-state index is -3.32. The van der Waals surface area contributed by atoms with E-state index in [1.54, 1.807) is 12.3 Å². The van der Waals surface area contributed by atoms with E-state index >= 15 is 0 Å². The average molecular weight is 274 g/mol. The van der Waals surface area contributed by atoms with Gasteiger partial charge in [-0.25, -0.2) is 13.4 Å². The molecule has 2 rings (SSSR count). The highest BCUT2D eigenvalue weighted by Gasteiger charge is 2.25. The van der Waals surface area contributed by atoms with Crippen LogP contribution in [0.15, 0.2) is 17.2 Å². The molecule has 1 aromatic rings. The van der Waals surface area contributed by atoms with Crippen LogP contribution < -0.4 is 9.46 Å². The van der Waals surface area contributed by atoms with Crippen molar-refractivity contribution in [3.05, 3.63) is 12.3 Å². The summed E-state index contributed by atoms with van der Waals surface area (Å²) in [7, 11) is -3.32. The summed E-state index contributed by atoms with van der Waals surface area (Å²) < 4.78 is 30.5. The van der Waals surface area contributed by atoms with Gasteiger partial charge >= 0.3 is 0 Å². The van der Waals surface area contributed by atoms with Crippen LogP contribution >= 0.6 is 11.8 Å². The van der Waals surface area contributed by atoms with Crippen molar-refractivity contribution in [2.45, 2.75) is 23.8 Å². The summed E-state index contributed by atoms with van der Waals surface area (Å²) in [5, 5.41) is 0. The second-order valence-corrected chi connectivity index (χ2v) is 6.45. The molecule has 1 N–H and O–H groups in total. The maximum absolute atomic E-state index is 11.2. The lowest BCUT2D eigenvalue weighted by atomic mass is 10.4. The molecule has 5 nitrogen and oxygen atoms in total. The fourth-order valence-corrected chi connectivity index (χ4v) is 2.52. The van der Waals surface area contributed by atoms with E-state index < -0.39 is 10.0 Å². The van der Waals surface area contributed by atoms with Gasteiger partial charge in [-0.1, -0.05) is 0 Å². The normalized spacial score (nSPS) is 15.6. The molecule has 0 aliphatic heterocycles. The molecule has 7 heteroatoms. The van der Waals surface area contributed by atoms with Gasteiger partial charge in [-0.3, -0.25) is 4.72 Å². The molecule has 1 aromatic heterocycles. The highest BCUT2D eigenvalue weighted by molar-refractivity contribution is 7.99. The van der Waals surface area contributed by atoms with Gasteiger partial charge in [0.05, 0.1) is 17.3 Å². The second kappa shape index (κ2) is 4.73. The van der Waals surface area contributed by atoms with Crippen LogP contribution in [0.3, 0.4) is 0 Å². The van der Waals surface area contributed by atoms with Crippen molar-refractivity contribution in [2.75, 3.05) is 17.2 Å². The monoisotopic (exact) mass is 274 g/mol. The molecular weight excluding hydrogens is 260 g/mol. The number of thioether (sulfide) groups is 1. The summed E-state index contributed by atoms with van der Waals surface area (Å²) in [4.78, 5) is 4.76. The number of nitrogens with one attached hydrogen (secondary N) is 1. The van der Waals surface area contributed by atoms with Crippen LogP contribution in [-0.2, 0) is 10.0 Å². The Morgan fingerprint density at radius 3 is 2.76 bits per heavy atom. The molecule has 0 spiro atoms. The van der Waals surface area contributed by atoms with Crippen molar-refractivity contribution >= 4 is 27.6 Å². The van der Waals surface area contributed by atoms with Crippen LogP contribution in [-0.4, -0.2) is 32.0 Å². The molecule has 1 saturated carbocycles. The zero-order valence-corrected chi connectivity index (χ0v) is 11.3. The van der Waals surface area contributed by atoms with Gasteiger partial charge in [-0.15, -0.1) is 11.8 Å². The van der Waals surface area contributed by atoms with Crippen molar-refractivity contribution in [3.8, 4) is 5.75 Å². The third-order valence-corrected chi connectivity index (χ3v) is 3.54. The molecule has 1 heterocycles. The van der Waals surface area contributed by atoms with Crippen molar-refractivity contribution in [1.82, 2.24) is 4.98 Å². The van der Waals surface area contributed by atoms with Crippen LogP contribution in [0.5, 0.6) is 5.75 Å². The Bertz CT molecular complexity index is 512. The van der Waals surface area contributed by atoms with Gasteiger partial charge in [0.15, 0.2) is 5.82 Å². The standard InChI is InChI=1S/C10H14N2O3S2/c1-16-9-8(15-7-3-4-7)5-6-11-10(9)12-17(2,13)14/h5-7H,3-4H2,1-2H3,(H,11,12). The van der Waals surface area contributed by atoms with Crippen molar-refractivity contribution in [3.63, 3.8) is 0 Å². The quantitative estimate of drug-likeness (QED) is 0.828. The molecule has 1 aliphatic carbocycles. The van der Waals surface area contributed by atoms with Crippen molar-refractivity contribution in [2.24, 2.45) is 0 Å². The van der Waals surface area contributed by atoms with Crippen molar-refractivity contribution in [1.29, 1.82) is 0 Å². The Kier molecular flexibility index (Phi) is 3.48. The summed E-state index contributed by atoms with van der Waals surface area (Å²) >= 11 is 1.42. The van der Waals surface area contributed by atoms with Gasteiger partial charge in [0.1, 0.15) is 5.75 Å². The number of hydrogen-bond donors (Lipinski definition) is 1. The zero-order chi connectivity index (χ0) is 12.5. The van der Waals surface area contributed by atoms with E-state index in [0.29, 0.717) is 11.6 Å². The summed E-state index contributed by atoms with van der Waals surface area (Å²) in [6.07, 6.45) is 6.91. The summed E-state index contributed by atoms with van der Waals surface area (Å²) in [5.41, 5.74) is 0. The van der Waals surface area contributed by atoms with E-state index in [0.717, 1.165) is 24.0 Å². The first-order valence-corrected chi connectivity index (χ1v) is 8.28. The smallest absolute Gasteiger partial charge is 0.231 e. The number of rotatable bonds is 5. The first kappa shape index (κ1) is 12.5. The van der Waals surface area contributed by atoms with Crippen LogP contribution in [0, 0.1) is 0 Å². The number of ether oxygens (including phenoxy) is 1. The Morgan fingerprint density at radius 1 is 1.53 bits per heavy atom. The van der Waals surface area contributed by atoms with E-state index in [1.165, 1.54) is 11.8 Å². The SMILES string of the molecule is CSc1c(OC2CC2)ccnc1NS(C)(=O)=O. The molecule has 17 heavy (non-hydrogen) atoms. The van der Waals surface area contributed by atoms with Crippen molar-refractivity contribution < 1.29 is 13.2 Å². The molecule has 0 saturated heterocycles.